The summed E-state index contributed by atoms with van der Waals surface area (Å²) in [6.45, 7) is 0.931. The van der Waals surface area contributed by atoms with Crippen LogP contribution < -0.4 is 10.2 Å². The molecule has 0 aliphatic carbocycles. The van der Waals surface area contributed by atoms with Crippen molar-refractivity contribution in [1.82, 2.24) is 15.0 Å². The number of piperidine rings is 1. The topological polar surface area (TPSA) is 71.0 Å². The molecule has 1 amide bonds. The van der Waals surface area contributed by atoms with E-state index in [4.69, 9.17) is 11.6 Å². The Hall–Kier alpha value is -2.72. The molecule has 4 rings (SSSR count). The molecule has 11 heteroatoms. The number of amides is 1. The first kappa shape index (κ1) is 21.5. The van der Waals surface area contributed by atoms with Crippen LogP contribution in [-0.4, -0.2) is 33.9 Å². The average Bonchev–Trinajstić information content (AvgIpc) is 3.22. The zero-order valence-corrected chi connectivity index (χ0v) is 17.6. The zero-order valence-electron chi connectivity index (χ0n) is 16.1. The van der Waals surface area contributed by atoms with Gasteiger partial charge in [-0.25, -0.2) is 9.97 Å². The molecule has 1 saturated heterocycles. The quantitative estimate of drug-likeness (QED) is 0.576. The SMILES string of the molecule is O=C(Nc1nc(-c2ccccn2)cs1)C1CCN(c2ncc(C(F)(F)F)cc2Cl)CC1. The fourth-order valence-electron chi connectivity index (χ4n) is 3.34. The summed E-state index contributed by atoms with van der Waals surface area (Å²) < 4.78 is 38.4. The smallest absolute Gasteiger partial charge is 0.355 e. The average molecular weight is 468 g/mol. The minimum absolute atomic E-state index is 0.0532. The Morgan fingerprint density at radius 1 is 1.19 bits per heavy atom. The van der Waals surface area contributed by atoms with E-state index in [0.717, 1.165) is 18.0 Å². The number of carbonyl (C=O) groups excluding carboxylic acids is 1. The fraction of sp³-hybridized carbons (Fsp3) is 0.300. The molecule has 0 saturated carbocycles. The summed E-state index contributed by atoms with van der Waals surface area (Å²) in [6.07, 6.45) is -0.973. The molecule has 1 aliphatic rings. The second-order valence-electron chi connectivity index (χ2n) is 7.03. The molecule has 0 bridgehead atoms. The number of hydrogen-bond acceptors (Lipinski definition) is 6. The van der Waals surface area contributed by atoms with Gasteiger partial charge in [-0.1, -0.05) is 17.7 Å². The Balaban J connectivity index is 1.35. The molecule has 3 aromatic heterocycles. The summed E-state index contributed by atoms with van der Waals surface area (Å²) >= 11 is 7.36. The highest BCUT2D eigenvalue weighted by molar-refractivity contribution is 7.14. The standard InChI is InChI=1S/C20H17ClF3N5OS/c21-14-9-13(20(22,23)24)10-26-17(14)29-7-4-12(5-8-29)18(30)28-19-27-16(11-31-19)15-3-1-2-6-25-15/h1-3,6,9-12H,4-5,7-8H2,(H,27,28,30). The van der Waals surface area contributed by atoms with E-state index in [1.165, 1.54) is 11.3 Å². The van der Waals surface area contributed by atoms with Crippen LogP contribution in [0.25, 0.3) is 11.4 Å². The van der Waals surface area contributed by atoms with E-state index < -0.39 is 11.7 Å². The van der Waals surface area contributed by atoms with Crippen molar-refractivity contribution in [3.05, 3.63) is 52.6 Å². The van der Waals surface area contributed by atoms with Crippen LogP contribution >= 0.6 is 22.9 Å². The van der Waals surface area contributed by atoms with Crippen molar-refractivity contribution >= 4 is 39.8 Å². The summed E-state index contributed by atoms with van der Waals surface area (Å²) in [5, 5.41) is 5.13. The minimum atomic E-state index is -4.49. The Labute approximate surface area is 185 Å². The molecular formula is C20H17ClF3N5OS. The van der Waals surface area contributed by atoms with Gasteiger partial charge in [0.15, 0.2) is 5.13 Å². The van der Waals surface area contributed by atoms with E-state index in [1.54, 1.807) is 11.1 Å². The van der Waals surface area contributed by atoms with Crippen molar-refractivity contribution in [1.29, 1.82) is 0 Å². The van der Waals surface area contributed by atoms with Gasteiger partial charge in [-0.2, -0.15) is 13.2 Å². The van der Waals surface area contributed by atoms with Crippen molar-refractivity contribution in [2.45, 2.75) is 19.0 Å². The van der Waals surface area contributed by atoms with Crippen molar-refractivity contribution in [3.63, 3.8) is 0 Å². The lowest BCUT2D eigenvalue weighted by molar-refractivity contribution is -0.137. The molecular weight excluding hydrogens is 451 g/mol. The van der Waals surface area contributed by atoms with Crippen LogP contribution in [0.5, 0.6) is 0 Å². The number of nitrogens with zero attached hydrogens (tertiary/aromatic N) is 4. The maximum absolute atomic E-state index is 12.8. The number of thiazole rings is 1. The van der Waals surface area contributed by atoms with Gasteiger partial charge in [0, 0.05) is 36.8 Å². The van der Waals surface area contributed by atoms with Gasteiger partial charge in [0.2, 0.25) is 5.91 Å². The first-order valence-electron chi connectivity index (χ1n) is 9.47. The lowest BCUT2D eigenvalue weighted by Crippen LogP contribution is -2.38. The summed E-state index contributed by atoms with van der Waals surface area (Å²) in [4.78, 5) is 27.0. The van der Waals surface area contributed by atoms with Gasteiger partial charge in [-0.3, -0.25) is 9.78 Å². The Morgan fingerprint density at radius 3 is 2.61 bits per heavy atom. The van der Waals surface area contributed by atoms with E-state index in [9.17, 15) is 18.0 Å². The molecule has 1 N–H and O–H groups in total. The third kappa shape index (κ3) is 4.96. The lowest BCUT2D eigenvalue weighted by Gasteiger charge is -2.32. The van der Waals surface area contributed by atoms with E-state index in [-0.39, 0.29) is 16.8 Å². The van der Waals surface area contributed by atoms with Gasteiger partial charge in [0.1, 0.15) is 11.5 Å². The summed E-state index contributed by atoms with van der Waals surface area (Å²) in [5.74, 6) is -0.0619. The van der Waals surface area contributed by atoms with Gasteiger partial charge in [0.05, 0.1) is 16.3 Å². The molecule has 1 aliphatic heterocycles. The maximum atomic E-state index is 12.8. The molecule has 3 aromatic rings. The Kier molecular flexibility index (Phi) is 6.10. The largest absolute Gasteiger partial charge is 0.417 e. The molecule has 0 radical (unpaired) electrons. The molecule has 6 nitrogen and oxygen atoms in total. The predicted octanol–water partition coefficient (Wildman–Crippen LogP) is 5.13. The van der Waals surface area contributed by atoms with Crippen LogP contribution in [0, 0.1) is 5.92 Å². The molecule has 0 atom stereocenters. The molecule has 0 unspecified atom stereocenters. The number of halogens is 4. The fourth-order valence-corrected chi connectivity index (χ4v) is 4.34. The van der Waals surface area contributed by atoms with Crippen LogP contribution in [0.2, 0.25) is 5.02 Å². The number of alkyl halides is 3. The van der Waals surface area contributed by atoms with Crippen LogP contribution in [0.4, 0.5) is 24.1 Å². The van der Waals surface area contributed by atoms with Crippen molar-refractivity contribution in [2.75, 3.05) is 23.3 Å². The summed E-state index contributed by atoms with van der Waals surface area (Å²) in [7, 11) is 0. The highest BCUT2D eigenvalue weighted by atomic mass is 35.5. The molecule has 31 heavy (non-hydrogen) atoms. The van der Waals surface area contributed by atoms with E-state index in [0.29, 0.717) is 42.6 Å². The van der Waals surface area contributed by atoms with E-state index in [1.807, 2.05) is 23.6 Å². The Bertz CT molecular complexity index is 1070. The van der Waals surface area contributed by atoms with Gasteiger partial charge in [-0.05, 0) is 31.0 Å². The highest BCUT2D eigenvalue weighted by Crippen LogP contribution is 2.35. The summed E-state index contributed by atoms with van der Waals surface area (Å²) in [5.41, 5.74) is 0.538. The number of aromatic nitrogens is 3. The van der Waals surface area contributed by atoms with Crippen LogP contribution in [0.1, 0.15) is 18.4 Å². The van der Waals surface area contributed by atoms with E-state index >= 15 is 0 Å². The second-order valence-corrected chi connectivity index (χ2v) is 8.30. The first-order valence-corrected chi connectivity index (χ1v) is 10.7. The van der Waals surface area contributed by atoms with E-state index in [2.05, 4.69) is 20.3 Å². The van der Waals surface area contributed by atoms with Gasteiger partial charge in [0.25, 0.3) is 0 Å². The summed E-state index contributed by atoms with van der Waals surface area (Å²) in [6, 6.07) is 6.41. The normalized spacial score (nSPS) is 15.2. The number of nitrogens with one attached hydrogen (secondary N) is 1. The third-order valence-electron chi connectivity index (χ3n) is 4.98. The minimum Gasteiger partial charge on any atom is -0.355 e. The first-order chi connectivity index (χ1) is 14.8. The molecule has 0 aromatic carbocycles. The molecule has 162 valence electrons. The lowest BCUT2D eigenvalue weighted by atomic mass is 9.96. The van der Waals surface area contributed by atoms with Crippen molar-refractivity contribution in [2.24, 2.45) is 5.92 Å². The number of pyridine rings is 2. The highest BCUT2D eigenvalue weighted by Gasteiger charge is 2.33. The number of rotatable bonds is 4. The number of hydrogen-bond donors (Lipinski definition) is 1. The van der Waals surface area contributed by atoms with Gasteiger partial charge in [-0.15, -0.1) is 11.3 Å². The second kappa shape index (κ2) is 8.80. The number of anilines is 2. The third-order valence-corrected chi connectivity index (χ3v) is 6.01. The zero-order chi connectivity index (χ0) is 22.0. The van der Waals surface area contributed by atoms with Crippen LogP contribution in [0.15, 0.2) is 42.0 Å². The van der Waals surface area contributed by atoms with Gasteiger partial charge < -0.3 is 10.2 Å². The van der Waals surface area contributed by atoms with Crippen molar-refractivity contribution < 1.29 is 18.0 Å². The van der Waals surface area contributed by atoms with Crippen LogP contribution in [0.3, 0.4) is 0 Å². The molecule has 4 heterocycles. The molecule has 1 fully saturated rings. The molecule has 0 spiro atoms. The Morgan fingerprint density at radius 2 is 1.97 bits per heavy atom. The monoisotopic (exact) mass is 467 g/mol. The van der Waals surface area contributed by atoms with Crippen molar-refractivity contribution in [3.8, 4) is 11.4 Å². The maximum Gasteiger partial charge on any atom is 0.417 e. The van der Waals surface area contributed by atoms with Crippen LogP contribution in [-0.2, 0) is 11.0 Å². The number of carbonyl (C=O) groups is 1. The van der Waals surface area contributed by atoms with Gasteiger partial charge >= 0.3 is 6.18 Å². The predicted molar refractivity (Wildman–Crippen MR) is 113 cm³/mol.